The monoisotopic (exact) mass is 192 g/mol. The molecule has 0 bridgehead atoms. The number of aliphatic hydroxyl groups is 5. The van der Waals surface area contributed by atoms with E-state index in [1.807, 2.05) is 0 Å². The SMILES string of the molecule is C=CC[C@H](O)[C@@H](O)[C@H](O)[C@H](O)CO. The predicted molar refractivity (Wildman–Crippen MR) is 45.9 cm³/mol. The lowest BCUT2D eigenvalue weighted by Gasteiger charge is -2.24. The molecular formula is C8H16O5. The molecule has 13 heavy (non-hydrogen) atoms. The molecule has 5 heteroatoms. The summed E-state index contributed by atoms with van der Waals surface area (Å²) in [7, 11) is 0. The van der Waals surface area contributed by atoms with Crippen molar-refractivity contribution in [2.24, 2.45) is 0 Å². The van der Waals surface area contributed by atoms with Gasteiger partial charge in [-0.1, -0.05) is 6.08 Å². The molecule has 0 radical (unpaired) electrons. The van der Waals surface area contributed by atoms with Crippen LogP contribution in [-0.4, -0.2) is 56.6 Å². The molecule has 0 saturated heterocycles. The highest BCUT2D eigenvalue weighted by atomic mass is 16.4. The summed E-state index contributed by atoms with van der Waals surface area (Å²) < 4.78 is 0. The quantitative estimate of drug-likeness (QED) is 0.313. The molecule has 78 valence electrons. The fourth-order valence-electron chi connectivity index (χ4n) is 0.873. The molecular weight excluding hydrogens is 176 g/mol. The molecule has 0 fully saturated rings. The Morgan fingerprint density at radius 1 is 1.00 bits per heavy atom. The van der Waals surface area contributed by atoms with Crippen molar-refractivity contribution in [2.45, 2.75) is 30.8 Å². The molecule has 0 aliphatic carbocycles. The van der Waals surface area contributed by atoms with Crippen molar-refractivity contribution in [3.63, 3.8) is 0 Å². The molecule has 0 aromatic carbocycles. The second-order valence-electron chi connectivity index (χ2n) is 2.82. The largest absolute Gasteiger partial charge is 0.394 e. The molecule has 0 aliphatic heterocycles. The Kier molecular flexibility index (Phi) is 5.85. The van der Waals surface area contributed by atoms with Crippen molar-refractivity contribution in [1.82, 2.24) is 0 Å². The third kappa shape index (κ3) is 3.84. The highest BCUT2D eigenvalue weighted by Gasteiger charge is 2.28. The van der Waals surface area contributed by atoms with Crippen LogP contribution in [0.2, 0.25) is 0 Å². The van der Waals surface area contributed by atoms with Crippen LogP contribution in [0.3, 0.4) is 0 Å². The third-order valence-corrected chi connectivity index (χ3v) is 1.73. The number of aliphatic hydroxyl groups excluding tert-OH is 5. The molecule has 5 N–H and O–H groups in total. The summed E-state index contributed by atoms with van der Waals surface area (Å²) in [6.45, 7) is 2.68. The lowest BCUT2D eigenvalue weighted by atomic mass is 10.0. The first kappa shape index (κ1) is 12.5. The fourth-order valence-corrected chi connectivity index (χ4v) is 0.873. The Morgan fingerprint density at radius 3 is 1.85 bits per heavy atom. The maximum Gasteiger partial charge on any atom is 0.110 e. The summed E-state index contributed by atoms with van der Waals surface area (Å²) >= 11 is 0. The zero-order chi connectivity index (χ0) is 10.4. The van der Waals surface area contributed by atoms with E-state index in [-0.39, 0.29) is 6.42 Å². The first-order chi connectivity index (χ1) is 6.04. The van der Waals surface area contributed by atoms with E-state index >= 15 is 0 Å². The molecule has 0 unspecified atom stereocenters. The number of hydrogen-bond donors (Lipinski definition) is 5. The van der Waals surface area contributed by atoms with Gasteiger partial charge in [-0.15, -0.1) is 6.58 Å². The summed E-state index contributed by atoms with van der Waals surface area (Å²) in [5.74, 6) is 0. The maximum atomic E-state index is 9.20. The van der Waals surface area contributed by atoms with Gasteiger partial charge in [0.25, 0.3) is 0 Å². The van der Waals surface area contributed by atoms with Gasteiger partial charge in [0, 0.05) is 0 Å². The Hall–Kier alpha value is -0.460. The van der Waals surface area contributed by atoms with E-state index in [4.69, 9.17) is 20.4 Å². The zero-order valence-electron chi connectivity index (χ0n) is 7.24. The van der Waals surface area contributed by atoms with Crippen molar-refractivity contribution in [3.8, 4) is 0 Å². The van der Waals surface area contributed by atoms with Crippen molar-refractivity contribution >= 4 is 0 Å². The van der Waals surface area contributed by atoms with Gasteiger partial charge in [-0.05, 0) is 6.42 Å². The topological polar surface area (TPSA) is 101 Å². The van der Waals surface area contributed by atoms with Gasteiger partial charge < -0.3 is 25.5 Å². The van der Waals surface area contributed by atoms with E-state index in [9.17, 15) is 5.11 Å². The van der Waals surface area contributed by atoms with Crippen molar-refractivity contribution in [2.75, 3.05) is 6.61 Å². The van der Waals surface area contributed by atoms with E-state index in [2.05, 4.69) is 6.58 Å². The summed E-state index contributed by atoms with van der Waals surface area (Å²) in [4.78, 5) is 0. The summed E-state index contributed by atoms with van der Waals surface area (Å²) in [6.07, 6.45) is -4.19. The van der Waals surface area contributed by atoms with Crippen molar-refractivity contribution < 1.29 is 25.5 Å². The molecule has 0 heterocycles. The van der Waals surface area contributed by atoms with Crippen LogP contribution in [0.25, 0.3) is 0 Å². The van der Waals surface area contributed by atoms with Gasteiger partial charge in [-0.2, -0.15) is 0 Å². The van der Waals surface area contributed by atoms with Gasteiger partial charge in [-0.25, -0.2) is 0 Å². The fraction of sp³-hybridized carbons (Fsp3) is 0.750. The molecule has 0 rings (SSSR count). The van der Waals surface area contributed by atoms with E-state index in [0.717, 1.165) is 0 Å². The minimum absolute atomic E-state index is 0.108. The Labute approximate surface area is 76.6 Å². The van der Waals surface area contributed by atoms with E-state index in [0.29, 0.717) is 0 Å². The number of rotatable bonds is 6. The van der Waals surface area contributed by atoms with Crippen LogP contribution in [0.5, 0.6) is 0 Å². The molecule has 0 amide bonds. The third-order valence-electron chi connectivity index (χ3n) is 1.73. The van der Waals surface area contributed by atoms with Crippen LogP contribution in [0.4, 0.5) is 0 Å². The minimum Gasteiger partial charge on any atom is -0.394 e. The molecule has 0 saturated carbocycles. The van der Waals surface area contributed by atoms with E-state index < -0.39 is 31.0 Å². The maximum absolute atomic E-state index is 9.20. The first-order valence-electron chi connectivity index (χ1n) is 3.98. The first-order valence-corrected chi connectivity index (χ1v) is 3.98. The normalized spacial score (nSPS) is 20.4. The lowest BCUT2D eigenvalue weighted by molar-refractivity contribution is -0.113. The van der Waals surface area contributed by atoms with Gasteiger partial charge in [0.2, 0.25) is 0 Å². The predicted octanol–water partition coefficient (Wildman–Crippen LogP) is -2.00. The average Bonchev–Trinajstić information content (AvgIpc) is 2.14. The van der Waals surface area contributed by atoms with Crippen LogP contribution in [0, 0.1) is 0 Å². The van der Waals surface area contributed by atoms with Crippen LogP contribution < -0.4 is 0 Å². The number of hydrogen-bond acceptors (Lipinski definition) is 5. The smallest absolute Gasteiger partial charge is 0.110 e. The van der Waals surface area contributed by atoms with Crippen LogP contribution in [0.1, 0.15) is 6.42 Å². The van der Waals surface area contributed by atoms with E-state index in [1.54, 1.807) is 0 Å². The lowest BCUT2D eigenvalue weighted by Crippen LogP contribution is -2.45. The Bertz CT molecular complexity index is 149. The second kappa shape index (κ2) is 6.06. The highest BCUT2D eigenvalue weighted by Crippen LogP contribution is 2.07. The Morgan fingerprint density at radius 2 is 1.46 bits per heavy atom. The van der Waals surface area contributed by atoms with Gasteiger partial charge in [0.1, 0.15) is 18.3 Å². The summed E-state index contributed by atoms with van der Waals surface area (Å²) in [5.41, 5.74) is 0. The van der Waals surface area contributed by atoms with Gasteiger partial charge in [0.15, 0.2) is 0 Å². The highest BCUT2D eigenvalue weighted by molar-refractivity contribution is 4.84. The molecule has 0 aromatic heterocycles. The van der Waals surface area contributed by atoms with Gasteiger partial charge in [0.05, 0.1) is 12.7 Å². The molecule has 4 atom stereocenters. The van der Waals surface area contributed by atoms with E-state index in [1.165, 1.54) is 6.08 Å². The van der Waals surface area contributed by atoms with Gasteiger partial charge >= 0.3 is 0 Å². The standard InChI is InChI=1S/C8H16O5/c1-2-3-5(10)7(12)8(13)6(11)4-9/h2,5-13H,1,3-4H2/t5-,6+,7+,8+/m0/s1. The average molecular weight is 192 g/mol. The molecule has 0 aliphatic rings. The van der Waals surface area contributed by atoms with Crippen LogP contribution in [-0.2, 0) is 0 Å². The summed E-state index contributed by atoms with van der Waals surface area (Å²) in [5, 5.41) is 44.8. The molecule has 0 aromatic rings. The minimum atomic E-state index is -1.56. The van der Waals surface area contributed by atoms with Gasteiger partial charge in [-0.3, -0.25) is 0 Å². The molecule has 0 spiro atoms. The Balaban J connectivity index is 4.06. The molecule has 5 nitrogen and oxygen atoms in total. The van der Waals surface area contributed by atoms with Crippen LogP contribution >= 0.6 is 0 Å². The zero-order valence-corrected chi connectivity index (χ0v) is 7.24. The van der Waals surface area contributed by atoms with Crippen molar-refractivity contribution in [1.29, 1.82) is 0 Å². The van der Waals surface area contributed by atoms with Crippen molar-refractivity contribution in [3.05, 3.63) is 12.7 Å². The van der Waals surface area contributed by atoms with Crippen LogP contribution in [0.15, 0.2) is 12.7 Å². The summed E-state index contributed by atoms with van der Waals surface area (Å²) in [6, 6.07) is 0. The second-order valence-corrected chi connectivity index (χ2v) is 2.82.